The van der Waals surface area contributed by atoms with Gasteiger partial charge in [-0.2, -0.15) is 0 Å². The summed E-state index contributed by atoms with van der Waals surface area (Å²) in [4.78, 5) is 0. The molecule has 0 saturated heterocycles. The minimum atomic E-state index is 0.423. The lowest BCUT2D eigenvalue weighted by Gasteiger charge is -2.55. The molecule has 0 heterocycles. The zero-order chi connectivity index (χ0) is 20.8. The molecule has 1 aromatic rings. The van der Waals surface area contributed by atoms with Crippen molar-refractivity contribution in [3.63, 3.8) is 0 Å². The molecule has 0 spiro atoms. The van der Waals surface area contributed by atoms with Gasteiger partial charge in [0.1, 0.15) is 0 Å². The average molecular weight is 447 g/mol. The highest BCUT2D eigenvalue weighted by molar-refractivity contribution is 6.36. The van der Waals surface area contributed by atoms with Crippen molar-refractivity contribution in [3.05, 3.63) is 45.5 Å². The molecular formula is C27H37Cl2N. The van der Waals surface area contributed by atoms with Crippen LogP contribution in [0.25, 0.3) is 0 Å². The normalized spacial score (nSPS) is 34.3. The lowest BCUT2D eigenvalue weighted by Crippen LogP contribution is -2.43. The van der Waals surface area contributed by atoms with Crippen LogP contribution in [0, 0.1) is 35.5 Å². The molecular weight excluding hydrogens is 409 g/mol. The average Bonchev–Trinajstić information content (AvgIpc) is 2.70. The Hall–Kier alpha value is -0.500. The zero-order valence-electron chi connectivity index (χ0n) is 18.2. The fraction of sp³-hybridized carbons (Fsp3) is 0.704. The van der Waals surface area contributed by atoms with Crippen LogP contribution in [0.15, 0.2) is 24.3 Å². The summed E-state index contributed by atoms with van der Waals surface area (Å²) in [5, 5.41) is 1.79. The predicted molar refractivity (Wildman–Crippen MR) is 128 cm³/mol. The molecule has 1 aromatic carbocycles. The second-order valence-electron chi connectivity index (χ2n) is 11.0. The maximum atomic E-state index is 6.93. The van der Waals surface area contributed by atoms with E-state index in [9.17, 15) is 0 Å². The number of nitrogens with two attached hydrogens (primary N) is 1. The molecule has 1 atom stereocenters. The molecule has 0 amide bonds. The summed E-state index contributed by atoms with van der Waals surface area (Å²) in [5.74, 6) is 5.24. The van der Waals surface area contributed by atoms with E-state index in [1.165, 1.54) is 80.9 Å². The van der Waals surface area contributed by atoms with Crippen molar-refractivity contribution in [2.45, 2.75) is 76.5 Å². The van der Waals surface area contributed by atoms with Gasteiger partial charge in [-0.1, -0.05) is 54.6 Å². The Morgan fingerprint density at radius 3 is 2.03 bits per heavy atom. The number of rotatable bonds is 6. The SMILES string of the molecule is C=C(Cc1cc(Cl)c(C2C3CC4CC(C3)CC2C4)c(Cl)c1)C(CN)C1CCCCC1. The summed E-state index contributed by atoms with van der Waals surface area (Å²) in [5.41, 5.74) is 9.92. The molecule has 1 nitrogen and oxygen atoms in total. The highest BCUT2D eigenvalue weighted by Gasteiger charge is 2.49. The van der Waals surface area contributed by atoms with Crippen LogP contribution in [0.1, 0.15) is 81.3 Å². The molecule has 4 bridgehead atoms. The van der Waals surface area contributed by atoms with Gasteiger partial charge in [0.2, 0.25) is 0 Å². The molecule has 0 aromatic heterocycles. The van der Waals surface area contributed by atoms with E-state index in [1.807, 2.05) is 0 Å². The number of hydrogen-bond donors (Lipinski definition) is 1. The van der Waals surface area contributed by atoms with E-state index >= 15 is 0 Å². The molecule has 0 aliphatic heterocycles. The van der Waals surface area contributed by atoms with Gasteiger partial charge in [0, 0.05) is 10.0 Å². The number of hydrogen-bond acceptors (Lipinski definition) is 1. The summed E-state index contributed by atoms with van der Waals surface area (Å²) in [6, 6.07) is 4.38. The van der Waals surface area contributed by atoms with Crippen molar-refractivity contribution in [3.8, 4) is 0 Å². The third-order valence-corrected chi connectivity index (χ3v) is 9.75. The first kappa shape index (κ1) is 21.4. The number of halogens is 2. The molecule has 5 aliphatic rings. The quantitative estimate of drug-likeness (QED) is 0.444. The molecule has 5 aliphatic carbocycles. The van der Waals surface area contributed by atoms with Crippen LogP contribution in [0.4, 0.5) is 0 Å². The van der Waals surface area contributed by atoms with Crippen LogP contribution in [0.5, 0.6) is 0 Å². The molecule has 6 rings (SSSR count). The van der Waals surface area contributed by atoms with Gasteiger partial charge in [-0.15, -0.1) is 0 Å². The maximum Gasteiger partial charge on any atom is 0.0458 e. The Labute approximate surface area is 192 Å². The van der Waals surface area contributed by atoms with Crippen LogP contribution >= 0.6 is 23.2 Å². The van der Waals surface area contributed by atoms with Gasteiger partial charge >= 0.3 is 0 Å². The second kappa shape index (κ2) is 8.80. The van der Waals surface area contributed by atoms with Crippen molar-refractivity contribution in [2.24, 2.45) is 41.2 Å². The van der Waals surface area contributed by atoms with E-state index < -0.39 is 0 Å². The Morgan fingerprint density at radius 1 is 0.933 bits per heavy atom. The van der Waals surface area contributed by atoms with E-state index in [0.717, 1.165) is 40.1 Å². The Kier molecular flexibility index (Phi) is 6.26. The monoisotopic (exact) mass is 445 g/mol. The molecule has 164 valence electrons. The van der Waals surface area contributed by atoms with Crippen molar-refractivity contribution in [2.75, 3.05) is 6.54 Å². The van der Waals surface area contributed by atoms with Gasteiger partial charge in [0.05, 0.1) is 0 Å². The minimum absolute atomic E-state index is 0.423. The third-order valence-electron chi connectivity index (χ3n) is 9.13. The summed E-state index contributed by atoms with van der Waals surface area (Å²) in [7, 11) is 0. The van der Waals surface area contributed by atoms with E-state index in [2.05, 4.69) is 18.7 Å². The summed E-state index contributed by atoms with van der Waals surface area (Å²) in [6.07, 6.45) is 14.5. The number of benzene rings is 1. The lowest BCUT2D eigenvalue weighted by atomic mass is 9.50. The predicted octanol–water partition coefficient (Wildman–Crippen LogP) is 7.79. The smallest absolute Gasteiger partial charge is 0.0458 e. The zero-order valence-corrected chi connectivity index (χ0v) is 19.7. The van der Waals surface area contributed by atoms with Crippen LogP contribution in [-0.2, 0) is 6.42 Å². The first-order valence-electron chi connectivity index (χ1n) is 12.4. The first-order valence-corrected chi connectivity index (χ1v) is 13.1. The molecule has 30 heavy (non-hydrogen) atoms. The first-order chi connectivity index (χ1) is 14.5. The van der Waals surface area contributed by atoms with Crippen LogP contribution in [0.2, 0.25) is 10.0 Å². The molecule has 5 fully saturated rings. The third kappa shape index (κ3) is 4.00. The topological polar surface area (TPSA) is 26.0 Å². The molecule has 5 saturated carbocycles. The Morgan fingerprint density at radius 2 is 1.50 bits per heavy atom. The van der Waals surface area contributed by atoms with Crippen molar-refractivity contribution in [1.82, 2.24) is 0 Å². The maximum absolute atomic E-state index is 6.93. The van der Waals surface area contributed by atoms with Crippen molar-refractivity contribution in [1.29, 1.82) is 0 Å². The highest BCUT2D eigenvalue weighted by atomic mass is 35.5. The molecule has 2 N–H and O–H groups in total. The van der Waals surface area contributed by atoms with E-state index in [4.69, 9.17) is 28.9 Å². The van der Waals surface area contributed by atoms with Crippen molar-refractivity contribution < 1.29 is 0 Å². The summed E-state index contributed by atoms with van der Waals surface area (Å²) >= 11 is 13.9. The summed E-state index contributed by atoms with van der Waals surface area (Å²) < 4.78 is 0. The van der Waals surface area contributed by atoms with Gasteiger partial charge in [0.25, 0.3) is 0 Å². The fourth-order valence-electron chi connectivity index (χ4n) is 8.08. The fourth-order valence-corrected chi connectivity index (χ4v) is 8.86. The minimum Gasteiger partial charge on any atom is -0.330 e. The van der Waals surface area contributed by atoms with Crippen LogP contribution < -0.4 is 5.73 Å². The van der Waals surface area contributed by atoms with Crippen molar-refractivity contribution >= 4 is 23.2 Å². The van der Waals surface area contributed by atoms with Crippen LogP contribution in [0.3, 0.4) is 0 Å². The molecule has 1 unspecified atom stereocenters. The van der Waals surface area contributed by atoms with Gasteiger partial charge in [0.15, 0.2) is 0 Å². The Bertz CT molecular complexity index is 743. The van der Waals surface area contributed by atoms with Gasteiger partial charge in [-0.25, -0.2) is 0 Å². The van der Waals surface area contributed by atoms with Crippen LogP contribution in [-0.4, -0.2) is 6.54 Å². The highest BCUT2D eigenvalue weighted by Crippen LogP contribution is 2.61. The lowest BCUT2D eigenvalue weighted by molar-refractivity contribution is -0.00272. The van der Waals surface area contributed by atoms with Gasteiger partial charge in [-0.05, 0) is 123 Å². The Balaban J connectivity index is 1.34. The van der Waals surface area contributed by atoms with Gasteiger partial charge in [-0.3, -0.25) is 0 Å². The molecule has 0 radical (unpaired) electrons. The van der Waals surface area contributed by atoms with E-state index in [1.54, 1.807) is 0 Å². The standard InChI is InChI=1S/C27H37Cl2N/c1-16(23(15-30)20-5-3-2-4-6-20)7-17-13-24(28)27(25(29)14-17)26-21-9-18-8-19(11-21)12-22(26)10-18/h13-14,18-23,26H,1-12,15,30H2. The van der Waals surface area contributed by atoms with Gasteiger partial charge < -0.3 is 5.73 Å². The van der Waals surface area contributed by atoms with E-state index in [0.29, 0.717) is 24.3 Å². The largest absolute Gasteiger partial charge is 0.330 e. The second-order valence-corrected chi connectivity index (χ2v) is 11.8. The molecule has 3 heteroatoms. The summed E-state index contributed by atoms with van der Waals surface area (Å²) in [6.45, 7) is 5.17. The van der Waals surface area contributed by atoms with E-state index in [-0.39, 0.29) is 0 Å².